The van der Waals surface area contributed by atoms with Crippen molar-refractivity contribution < 1.29 is 4.74 Å². The van der Waals surface area contributed by atoms with Crippen LogP contribution in [0.15, 0.2) is 24.5 Å². The second kappa shape index (κ2) is 1.82. The maximum Gasteiger partial charge on any atom is 0.113 e. The first-order valence-electron chi connectivity index (χ1n) is 2.38. The van der Waals surface area contributed by atoms with E-state index >= 15 is 0 Å². The quantitative estimate of drug-likeness (QED) is 0.443. The summed E-state index contributed by atoms with van der Waals surface area (Å²) >= 11 is 0. The number of hydrogen-bond acceptors (Lipinski definition) is 1. The number of hydrogen-bond donors (Lipinski definition) is 0. The summed E-state index contributed by atoms with van der Waals surface area (Å²) in [4.78, 5) is 0. The van der Waals surface area contributed by atoms with Crippen molar-refractivity contribution in [3.63, 3.8) is 0 Å². The number of ether oxygens (including phenoxy) is 1. The molecule has 0 aromatic carbocycles. The molecular weight excluding hydrogens is 88.1 g/mol. The van der Waals surface area contributed by atoms with Crippen molar-refractivity contribution in [3.05, 3.63) is 24.5 Å². The fraction of sp³-hybridized carbons (Fsp3) is 0.333. The molecule has 1 heteroatoms. The van der Waals surface area contributed by atoms with Crippen molar-refractivity contribution in [3.8, 4) is 0 Å². The van der Waals surface area contributed by atoms with Crippen LogP contribution in [0.25, 0.3) is 0 Å². The number of rotatable bonds is 0. The largest absolute Gasteiger partial charge is 0.494 e. The third-order valence-electron chi connectivity index (χ3n) is 0.865. The van der Waals surface area contributed by atoms with Crippen molar-refractivity contribution in [2.24, 2.45) is 0 Å². The second-order valence-electron chi connectivity index (χ2n) is 1.55. The van der Waals surface area contributed by atoms with Gasteiger partial charge in [0.2, 0.25) is 0 Å². The van der Waals surface area contributed by atoms with Crippen LogP contribution in [0.3, 0.4) is 0 Å². The minimum atomic E-state index is 0.269. The lowest BCUT2D eigenvalue weighted by atomic mass is 10.3. The molecule has 1 rings (SSSR count). The van der Waals surface area contributed by atoms with E-state index in [1.807, 2.05) is 25.2 Å². The summed E-state index contributed by atoms with van der Waals surface area (Å²) in [5.41, 5.74) is 0. The van der Waals surface area contributed by atoms with Crippen LogP contribution in [0.1, 0.15) is 6.92 Å². The monoisotopic (exact) mass is 96.1 g/mol. The van der Waals surface area contributed by atoms with Crippen molar-refractivity contribution in [1.82, 2.24) is 0 Å². The van der Waals surface area contributed by atoms with E-state index in [2.05, 4.69) is 0 Å². The van der Waals surface area contributed by atoms with Crippen molar-refractivity contribution >= 4 is 0 Å². The molecule has 38 valence electrons. The number of allylic oxidation sites excluding steroid dienone is 2. The van der Waals surface area contributed by atoms with Gasteiger partial charge in [0.1, 0.15) is 6.10 Å². The van der Waals surface area contributed by atoms with Crippen LogP contribution < -0.4 is 0 Å². The van der Waals surface area contributed by atoms with Gasteiger partial charge >= 0.3 is 0 Å². The van der Waals surface area contributed by atoms with Gasteiger partial charge in [-0.1, -0.05) is 6.08 Å². The average Bonchev–Trinajstić information content (AvgIpc) is 1.69. The third kappa shape index (κ3) is 1.07. The lowest BCUT2D eigenvalue weighted by Crippen LogP contribution is -1.99. The molecule has 1 nitrogen and oxygen atoms in total. The Morgan fingerprint density at radius 3 is 2.57 bits per heavy atom. The van der Waals surface area contributed by atoms with E-state index in [-0.39, 0.29) is 6.10 Å². The fourth-order valence-corrected chi connectivity index (χ4v) is 0.481. The zero-order valence-corrected chi connectivity index (χ0v) is 4.29. The molecule has 0 fully saturated rings. The minimum absolute atomic E-state index is 0.269. The highest BCUT2D eigenvalue weighted by Crippen LogP contribution is 1.98. The van der Waals surface area contributed by atoms with E-state index in [4.69, 9.17) is 4.74 Å². The molecular formula is C6H8O. The molecule has 0 N–H and O–H groups in total. The lowest BCUT2D eigenvalue weighted by molar-refractivity contribution is 0.200. The molecule has 0 radical (unpaired) electrons. The Morgan fingerprint density at radius 1 is 1.43 bits per heavy atom. The topological polar surface area (TPSA) is 9.23 Å². The Hall–Kier alpha value is -0.720. The van der Waals surface area contributed by atoms with Crippen LogP contribution in [0.4, 0.5) is 0 Å². The summed E-state index contributed by atoms with van der Waals surface area (Å²) < 4.78 is 5.01. The molecule has 1 aliphatic heterocycles. The molecule has 1 unspecified atom stereocenters. The Labute approximate surface area is 43.3 Å². The molecule has 0 aromatic rings. The lowest BCUT2D eigenvalue weighted by Gasteiger charge is -2.06. The minimum Gasteiger partial charge on any atom is -0.494 e. The first kappa shape index (κ1) is 4.44. The van der Waals surface area contributed by atoms with Crippen LogP contribution >= 0.6 is 0 Å². The van der Waals surface area contributed by atoms with E-state index in [1.54, 1.807) is 6.26 Å². The zero-order valence-electron chi connectivity index (χ0n) is 4.29. The van der Waals surface area contributed by atoms with Gasteiger partial charge in [-0.05, 0) is 19.1 Å². The van der Waals surface area contributed by atoms with Crippen LogP contribution in [-0.4, -0.2) is 6.10 Å². The Kier molecular flexibility index (Phi) is 1.16. The molecule has 0 aromatic heterocycles. The maximum absolute atomic E-state index is 5.01. The zero-order chi connectivity index (χ0) is 5.11. The van der Waals surface area contributed by atoms with Gasteiger partial charge in [-0.15, -0.1) is 0 Å². The van der Waals surface area contributed by atoms with Crippen LogP contribution in [0.2, 0.25) is 0 Å². The molecule has 0 amide bonds. The highest BCUT2D eigenvalue weighted by molar-refractivity contribution is 5.06. The molecule has 1 atom stereocenters. The average molecular weight is 96.1 g/mol. The summed E-state index contributed by atoms with van der Waals surface area (Å²) in [5.74, 6) is 0. The Morgan fingerprint density at radius 2 is 2.29 bits per heavy atom. The summed E-state index contributed by atoms with van der Waals surface area (Å²) in [6.07, 6.45) is 7.82. The summed E-state index contributed by atoms with van der Waals surface area (Å²) in [6, 6.07) is 0. The molecule has 1 heterocycles. The van der Waals surface area contributed by atoms with Crippen molar-refractivity contribution in [2.45, 2.75) is 13.0 Å². The van der Waals surface area contributed by atoms with Crippen molar-refractivity contribution in [1.29, 1.82) is 0 Å². The molecule has 0 saturated carbocycles. The predicted molar refractivity (Wildman–Crippen MR) is 28.8 cm³/mol. The third-order valence-corrected chi connectivity index (χ3v) is 0.865. The van der Waals surface area contributed by atoms with Crippen LogP contribution in [0.5, 0.6) is 0 Å². The van der Waals surface area contributed by atoms with E-state index in [9.17, 15) is 0 Å². The molecule has 1 aliphatic rings. The Bertz CT molecular complexity index is 103. The molecule has 7 heavy (non-hydrogen) atoms. The van der Waals surface area contributed by atoms with Crippen molar-refractivity contribution in [2.75, 3.05) is 0 Å². The van der Waals surface area contributed by atoms with E-state index in [0.717, 1.165) is 0 Å². The maximum atomic E-state index is 5.01. The fourth-order valence-electron chi connectivity index (χ4n) is 0.481. The van der Waals surface area contributed by atoms with E-state index in [1.165, 1.54) is 0 Å². The summed E-state index contributed by atoms with van der Waals surface area (Å²) in [6.45, 7) is 2.00. The molecule has 0 bridgehead atoms. The van der Waals surface area contributed by atoms with Gasteiger partial charge < -0.3 is 4.74 Å². The highest BCUT2D eigenvalue weighted by Gasteiger charge is 1.92. The van der Waals surface area contributed by atoms with Gasteiger partial charge in [0, 0.05) is 0 Å². The van der Waals surface area contributed by atoms with E-state index < -0.39 is 0 Å². The van der Waals surface area contributed by atoms with Gasteiger partial charge in [0.25, 0.3) is 0 Å². The van der Waals surface area contributed by atoms with Crippen LogP contribution in [0, 0.1) is 0 Å². The smallest absolute Gasteiger partial charge is 0.113 e. The van der Waals surface area contributed by atoms with Gasteiger partial charge in [0.15, 0.2) is 0 Å². The standard InChI is InChI=1S/C6H8O/c1-6-4-2-3-5-7-6/h2-6H,1H3. The van der Waals surface area contributed by atoms with Gasteiger partial charge in [0.05, 0.1) is 6.26 Å². The first-order valence-corrected chi connectivity index (χ1v) is 2.38. The molecule has 0 aliphatic carbocycles. The molecule has 0 spiro atoms. The van der Waals surface area contributed by atoms with E-state index in [0.29, 0.717) is 0 Å². The normalized spacial score (nSPS) is 27.3. The second-order valence-corrected chi connectivity index (χ2v) is 1.55. The van der Waals surface area contributed by atoms with Gasteiger partial charge in [-0.3, -0.25) is 0 Å². The molecule has 0 saturated heterocycles. The van der Waals surface area contributed by atoms with Gasteiger partial charge in [-0.2, -0.15) is 0 Å². The van der Waals surface area contributed by atoms with Gasteiger partial charge in [-0.25, -0.2) is 0 Å². The van der Waals surface area contributed by atoms with Crippen LogP contribution in [-0.2, 0) is 4.74 Å². The Balaban J connectivity index is 2.49. The summed E-state index contributed by atoms with van der Waals surface area (Å²) in [5, 5.41) is 0. The first-order chi connectivity index (χ1) is 3.39. The SMILES string of the molecule is CC1C=CC=CO1. The predicted octanol–water partition coefficient (Wildman–Crippen LogP) is 1.47. The summed E-state index contributed by atoms with van der Waals surface area (Å²) in [7, 11) is 0. The highest BCUT2D eigenvalue weighted by atomic mass is 16.5.